The van der Waals surface area contributed by atoms with Crippen LogP contribution in [0.5, 0.6) is 5.75 Å². The van der Waals surface area contributed by atoms with Crippen molar-refractivity contribution >= 4 is 23.5 Å². The molecule has 6 heteroatoms. The van der Waals surface area contributed by atoms with Gasteiger partial charge in [0.15, 0.2) is 6.10 Å². The maximum absolute atomic E-state index is 12.4. The molecule has 0 bridgehead atoms. The number of amides is 1. The number of halogens is 1. The highest BCUT2D eigenvalue weighted by atomic mass is 35.5. The van der Waals surface area contributed by atoms with Crippen LogP contribution >= 0.6 is 11.6 Å². The molecule has 0 aliphatic carbocycles. The van der Waals surface area contributed by atoms with Crippen molar-refractivity contribution < 1.29 is 19.4 Å². The number of nitrogens with zero attached hydrogens (tertiary/aromatic N) is 1. The molecule has 1 aliphatic rings. The average Bonchev–Trinajstić information content (AvgIpc) is 2.91. The molecule has 2 rings (SSSR count). The van der Waals surface area contributed by atoms with Crippen LogP contribution < -0.4 is 4.74 Å². The minimum atomic E-state index is -0.971. The van der Waals surface area contributed by atoms with Crippen molar-refractivity contribution in [1.29, 1.82) is 0 Å². The number of ether oxygens (including phenoxy) is 1. The first-order chi connectivity index (χ1) is 9.90. The number of aliphatic carboxylic acids is 1. The summed E-state index contributed by atoms with van der Waals surface area (Å²) in [7, 11) is 0. The van der Waals surface area contributed by atoms with Crippen molar-refractivity contribution in [1.82, 2.24) is 4.90 Å². The fraction of sp³-hybridized carbons (Fsp3) is 0.467. The maximum Gasteiger partial charge on any atom is 0.326 e. The van der Waals surface area contributed by atoms with Gasteiger partial charge in [-0.1, -0.05) is 17.7 Å². The molecule has 0 spiro atoms. The third kappa shape index (κ3) is 3.47. The summed E-state index contributed by atoms with van der Waals surface area (Å²) in [5, 5.41) is 9.56. The number of carboxylic acids is 1. The van der Waals surface area contributed by atoms with E-state index in [4.69, 9.17) is 21.4 Å². The zero-order chi connectivity index (χ0) is 15.6. The predicted molar refractivity (Wildman–Crippen MR) is 78.6 cm³/mol. The lowest BCUT2D eigenvalue weighted by atomic mass is 10.2. The Bertz CT molecular complexity index is 561. The Labute approximate surface area is 128 Å². The Morgan fingerprint density at radius 1 is 1.48 bits per heavy atom. The van der Waals surface area contributed by atoms with Crippen LogP contribution in [0.1, 0.15) is 25.3 Å². The summed E-state index contributed by atoms with van der Waals surface area (Å²) in [5.74, 6) is -0.859. The zero-order valence-electron chi connectivity index (χ0n) is 12.0. The van der Waals surface area contributed by atoms with E-state index in [1.165, 1.54) is 4.90 Å². The van der Waals surface area contributed by atoms with Crippen molar-refractivity contribution in [2.45, 2.75) is 38.8 Å². The van der Waals surface area contributed by atoms with Crippen molar-refractivity contribution in [3.8, 4) is 5.75 Å². The van der Waals surface area contributed by atoms with Gasteiger partial charge in [-0.3, -0.25) is 4.79 Å². The van der Waals surface area contributed by atoms with Gasteiger partial charge >= 0.3 is 5.97 Å². The second kappa shape index (κ2) is 6.35. The lowest BCUT2D eigenvalue weighted by Gasteiger charge is -2.25. The highest BCUT2D eigenvalue weighted by molar-refractivity contribution is 6.32. The number of rotatable bonds is 4. The van der Waals surface area contributed by atoms with Crippen molar-refractivity contribution in [2.24, 2.45) is 0 Å². The van der Waals surface area contributed by atoms with Crippen LogP contribution in [0, 0.1) is 6.92 Å². The monoisotopic (exact) mass is 311 g/mol. The van der Waals surface area contributed by atoms with Crippen LogP contribution in [0.25, 0.3) is 0 Å². The van der Waals surface area contributed by atoms with E-state index in [2.05, 4.69) is 0 Å². The molecule has 114 valence electrons. The van der Waals surface area contributed by atoms with Crippen molar-refractivity contribution in [2.75, 3.05) is 6.54 Å². The fourth-order valence-corrected chi connectivity index (χ4v) is 2.62. The predicted octanol–water partition coefficient (Wildman–Crippen LogP) is 2.49. The Morgan fingerprint density at radius 3 is 2.86 bits per heavy atom. The van der Waals surface area contributed by atoms with Crippen LogP contribution in [0.3, 0.4) is 0 Å². The number of carbonyl (C=O) groups is 2. The number of benzene rings is 1. The number of hydrogen-bond donors (Lipinski definition) is 1. The molecule has 1 aliphatic heterocycles. The molecule has 1 N–H and O–H groups in total. The normalized spacial score (nSPS) is 19.4. The molecule has 1 heterocycles. The molecule has 21 heavy (non-hydrogen) atoms. The second-order valence-corrected chi connectivity index (χ2v) is 5.63. The van der Waals surface area contributed by atoms with Crippen LogP contribution in [-0.2, 0) is 9.59 Å². The topological polar surface area (TPSA) is 66.8 Å². The molecule has 1 saturated heterocycles. The molecule has 5 nitrogen and oxygen atoms in total. The maximum atomic E-state index is 12.4. The Balaban J connectivity index is 2.09. The zero-order valence-corrected chi connectivity index (χ0v) is 12.8. The molecule has 2 atom stereocenters. The highest BCUT2D eigenvalue weighted by Gasteiger charge is 2.36. The molecule has 1 unspecified atom stereocenters. The van der Waals surface area contributed by atoms with E-state index in [0.717, 1.165) is 5.56 Å². The van der Waals surface area contributed by atoms with Gasteiger partial charge in [0, 0.05) is 6.54 Å². The summed E-state index contributed by atoms with van der Waals surface area (Å²) >= 11 is 6.04. The van der Waals surface area contributed by atoms with Gasteiger partial charge in [-0.05, 0) is 44.4 Å². The van der Waals surface area contributed by atoms with E-state index >= 15 is 0 Å². The molecular weight excluding hydrogens is 294 g/mol. The van der Waals surface area contributed by atoms with E-state index in [0.29, 0.717) is 30.2 Å². The van der Waals surface area contributed by atoms with Gasteiger partial charge in [-0.2, -0.15) is 0 Å². The van der Waals surface area contributed by atoms with Crippen molar-refractivity contribution in [3.63, 3.8) is 0 Å². The summed E-state index contributed by atoms with van der Waals surface area (Å²) in [6, 6.07) is 4.56. The summed E-state index contributed by atoms with van der Waals surface area (Å²) in [5.41, 5.74) is 0.971. The number of carbonyl (C=O) groups excluding carboxylic acids is 1. The molecule has 1 aromatic carbocycles. The fourth-order valence-electron chi connectivity index (χ4n) is 2.46. The smallest absolute Gasteiger partial charge is 0.326 e. The Kier molecular flexibility index (Phi) is 4.73. The lowest BCUT2D eigenvalue weighted by Crippen LogP contribution is -2.46. The minimum Gasteiger partial charge on any atom is -0.480 e. The molecular formula is C15H18ClNO4. The summed E-state index contributed by atoms with van der Waals surface area (Å²) < 4.78 is 5.61. The molecule has 1 fully saturated rings. The second-order valence-electron chi connectivity index (χ2n) is 5.22. The summed E-state index contributed by atoms with van der Waals surface area (Å²) in [6.07, 6.45) is 0.406. The van der Waals surface area contributed by atoms with E-state index < -0.39 is 18.1 Å². The lowest BCUT2D eigenvalue weighted by molar-refractivity contribution is -0.150. The van der Waals surface area contributed by atoms with E-state index in [1.807, 2.05) is 13.0 Å². The van der Waals surface area contributed by atoms with Gasteiger partial charge in [0.2, 0.25) is 0 Å². The van der Waals surface area contributed by atoms with Crippen LogP contribution in [0.2, 0.25) is 5.02 Å². The van der Waals surface area contributed by atoms with Gasteiger partial charge in [0.1, 0.15) is 11.8 Å². The first kappa shape index (κ1) is 15.6. The molecule has 0 aromatic heterocycles. The van der Waals surface area contributed by atoms with Gasteiger partial charge in [-0.25, -0.2) is 4.79 Å². The third-order valence-electron chi connectivity index (χ3n) is 3.56. The Morgan fingerprint density at radius 2 is 2.19 bits per heavy atom. The number of aryl methyl sites for hydroxylation is 1. The number of hydrogen-bond acceptors (Lipinski definition) is 3. The molecule has 0 saturated carbocycles. The number of carboxylic acid groups (broad SMARTS) is 1. The summed E-state index contributed by atoms with van der Waals surface area (Å²) in [6.45, 7) is 3.96. The van der Waals surface area contributed by atoms with Gasteiger partial charge in [0.25, 0.3) is 5.91 Å². The number of likely N-dealkylation sites (tertiary alicyclic amines) is 1. The highest BCUT2D eigenvalue weighted by Crippen LogP contribution is 2.27. The third-order valence-corrected chi connectivity index (χ3v) is 3.87. The molecule has 0 radical (unpaired) electrons. The first-order valence-corrected chi connectivity index (χ1v) is 7.24. The van der Waals surface area contributed by atoms with E-state index in [1.54, 1.807) is 19.1 Å². The van der Waals surface area contributed by atoms with Gasteiger partial charge in [0.05, 0.1) is 5.02 Å². The first-order valence-electron chi connectivity index (χ1n) is 6.86. The largest absolute Gasteiger partial charge is 0.480 e. The van der Waals surface area contributed by atoms with Crippen LogP contribution in [0.4, 0.5) is 0 Å². The van der Waals surface area contributed by atoms with Gasteiger partial charge in [-0.15, -0.1) is 0 Å². The van der Waals surface area contributed by atoms with E-state index in [-0.39, 0.29) is 5.91 Å². The quantitative estimate of drug-likeness (QED) is 0.927. The average molecular weight is 312 g/mol. The Hall–Kier alpha value is -1.75. The minimum absolute atomic E-state index is 0.322. The van der Waals surface area contributed by atoms with E-state index in [9.17, 15) is 9.59 Å². The molecule has 1 aromatic rings. The van der Waals surface area contributed by atoms with Crippen molar-refractivity contribution in [3.05, 3.63) is 28.8 Å². The standard InChI is InChI=1S/C15H18ClNO4/c1-9-5-6-11(16)13(8-9)21-10(2)14(18)17-7-3-4-12(17)15(19)20/h5-6,8,10,12H,3-4,7H2,1-2H3,(H,19,20)/t10?,12-/m0/s1. The van der Waals surface area contributed by atoms with Gasteiger partial charge < -0.3 is 14.7 Å². The van der Waals surface area contributed by atoms with Crippen LogP contribution in [0.15, 0.2) is 18.2 Å². The van der Waals surface area contributed by atoms with Crippen LogP contribution in [-0.4, -0.2) is 40.6 Å². The summed E-state index contributed by atoms with van der Waals surface area (Å²) in [4.78, 5) is 24.9. The SMILES string of the molecule is Cc1ccc(Cl)c(OC(C)C(=O)N2CCC[C@H]2C(=O)O)c1. The molecule has 1 amide bonds.